The molecule has 0 saturated carbocycles. The molecule has 1 aliphatic rings. The first-order chi connectivity index (χ1) is 8.24. The number of ether oxygens (including phenoxy) is 1. The number of halogens is 2. The molecule has 0 radical (unpaired) electrons. The maximum atomic E-state index is 5.85. The Kier molecular flexibility index (Phi) is 2.83. The topological polar surface area (TPSA) is 12.5 Å². The third kappa shape index (κ3) is 2.32. The Morgan fingerprint density at radius 1 is 0.647 bits per heavy atom. The number of benzene rings is 2. The minimum absolute atomic E-state index is 0.147. The van der Waals surface area contributed by atoms with Crippen molar-refractivity contribution < 1.29 is 4.74 Å². The van der Waals surface area contributed by atoms with E-state index in [1.165, 1.54) is 0 Å². The van der Waals surface area contributed by atoms with Gasteiger partial charge in [0.25, 0.3) is 0 Å². The van der Waals surface area contributed by atoms with Gasteiger partial charge < -0.3 is 4.74 Å². The summed E-state index contributed by atoms with van der Waals surface area (Å²) in [5, 5.41) is 1.50. The maximum Gasteiger partial charge on any atom is 0.114 e. The van der Waals surface area contributed by atoms with Crippen molar-refractivity contribution in [3.8, 4) is 0 Å². The summed E-state index contributed by atoms with van der Waals surface area (Å²) in [6, 6.07) is 15.6. The first-order valence-corrected chi connectivity index (χ1v) is 6.16. The van der Waals surface area contributed by atoms with Crippen LogP contribution in [0.3, 0.4) is 0 Å². The number of hydrogen-bond acceptors (Lipinski definition) is 1. The summed E-state index contributed by atoms with van der Waals surface area (Å²) < 4.78 is 5.68. The van der Waals surface area contributed by atoms with Gasteiger partial charge in [-0.15, -0.1) is 0 Å². The van der Waals surface area contributed by atoms with Crippen molar-refractivity contribution in [3.05, 3.63) is 69.7 Å². The van der Waals surface area contributed by atoms with Crippen LogP contribution in [-0.2, 0) is 4.74 Å². The molecular formula is C14H10Cl2O. The number of rotatable bonds is 2. The van der Waals surface area contributed by atoms with E-state index in [-0.39, 0.29) is 12.2 Å². The first-order valence-electron chi connectivity index (χ1n) is 5.40. The Morgan fingerprint density at radius 3 is 1.35 bits per heavy atom. The summed E-state index contributed by atoms with van der Waals surface area (Å²) in [5.41, 5.74) is 2.32. The summed E-state index contributed by atoms with van der Waals surface area (Å²) in [5.74, 6) is 0. The van der Waals surface area contributed by atoms with Gasteiger partial charge in [0.2, 0.25) is 0 Å². The van der Waals surface area contributed by atoms with Gasteiger partial charge >= 0.3 is 0 Å². The number of epoxide rings is 1. The van der Waals surface area contributed by atoms with Gasteiger partial charge in [0.15, 0.2) is 0 Å². The lowest BCUT2D eigenvalue weighted by molar-refractivity contribution is 0.377. The van der Waals surface area contributed by atoms with Gasteiger partial charge in [-0.25, -0.2) is 0 Å². The zero-order valence-electron chi connectivity index (χ0n) is 8.94. The van der Waals surface area contributed by atoms with E-state index in [2.05, 4.69) is 0 Å². The average Bonchev–Trinajstić information content (AvgIpc) is 3.11. The second-order valence-electron chi connectivity index (χ2n) is 4.08. The van der Waals surface area contributed by atoms with E-state index >= 15 is 0 Å². The zero-order valence-corrected chi connectivity index (χ0v) is 10.4. The molecule has 0 N–H and O–H groups in total. The van der Waals surface area contributed by atoms with Crippen LogP contribution < -0.4 is 0 Å². The molecule has 3 rings (SSSR count). The van der Waals surface area contributed by atoms with Crippen LogP contribution in [0, 0.1) is 0 Å². The smallest absolute Gasteiger partial charge is 0.114 e. The van der Waals surface area contributed by atoms with Crippen molar-refractivity contribution in [2.75, 3.05) is 0 Å². The van der Waals surface area contributed by atoms with Crippen LogP contribution in [-0.4, -0.2) is 0 Å². The van der Waals surface area contributed by atoms with E-state index in [0.29, 0.717) is 0 Å². The predicted octanol–water partition coefficient (Wildman–Crippen LogP) is 4.81. The zero-order chi connectivity index (χ0) is 11.8. The standard InChI is InChI=1S/C14H10Cl2O/c15-11-5-1-9(2-6-11)13-14(17-13)10-3-7-12(16)8-4-10/h1-8,13-14H/t13-,14-/m0/s1. The van der Waals surface area contributed by atoms with E-state index in [0.717, 1.165) is 21.2 Å². The molecule has 1 fully saturated rings. The Bertz CT molecular complexity index is 469. The van der Waals surface area contributed by atoms with Crippen LogP contribution in [0.2, 0.25) is 10.0 Å². The molecule has 1 nitrogen and oxygen atoms in total. The van der Waals surface area contributed by atoms with Crippen LogP contribution in [0.15, 0.2) is 48.5 Å². The second kappa shape index (κ2) is 4.34. The lowest BCUT2D eigenvalue weighted by Crippen LogP contribution is -1.84. The van der Waals surface area contributed by atoms with Crippen LogP contribution in [0.5, 0.6) is 0 Å². The molecule has 1 saturated heterocycles. The van der Waals surface area contributed by atoms with Gasteiger partial charge in [-0.3, -0.25) is 0 Å². The lowest BCUT2D eigenvalue weighted by atomic mass is 10.0. The van der Waals surface area contributed by atoms with E-state index < -0.39 is 0 Å². The SMILES string of the molecule is Clc1ccc([C@@H]2O[C@H]2c2ccc(Cl)cc2)cc1. The van der Waals surface area contributed by atoms with Crippen LogP contribution >= 0.6 is 23.2 Å². The molecule has 86 valence electrons. The fourth-order valence-electron chi connectivity index (χ4n) is 1.92. The maximum absolute atomic E-state index is 5.85. The molecular weight excluding hydrogens is 255 g/mol. The van der Waals surface area contributed by atoms with E-state index in [4.69, 9.17) is 27.9 Å². The van der Waals surface area contributed by atoms with Gasteiger partial charge in [0.05, 0.1) is 0 Å². The highest BCUT2D eigenvalue weighted by Crippen LogP contribution is 2.50. The fraction of sp³-hybridized carbons (Fsp3) is 0.143. The minimum Gasteiger partial charge on any atom is -0.359 e. The van der Waals surface area contributed by atoms with Gasteiger partial charge in [-0.05, 0) is 35.4 Å². The molecule has 0 amide bonds. The Hall–Kier alpha value is -1.02. The Labute approximate surface area is 110 Å². The van der Waals surface area contributed by atoms with Crippen LogP contribution in [0.25, 0.3) is 0 Å². The molecule has 0 aromatic heterocycles. The molecule has 1 heterocycles. The minimum atomic E-state index is 0.147. The predicted molar refractivity (Wildman–Crippen MR) is 69.5 cm³/mol. The van der Waals surface area contributed by atoms with Crippen LogP contribution in [0.4, 0.5) is 0 Å². The lowest BCUT2D eigenvalue weighted by Gasteiger charge is -1.98. The summed E-state index contributed by atoms with van der Waals surface area (Å²) >= 11 is 11.7. The van der Waals surface area contributed by atoms with Crippen molar-refractivity contribution >= 4 is 23.2 Å². The first kappa shape index (κ1) is 11.1. The van der Waals surface area contributed by atoms with Crippen molar-refractivity contribution in [2.45, 2.75) is 12.2 Å². The highest BCUT2D eigenvalue weighted by molar-refractivity contribution is 6.30. The van der Waals surface area contributed by atoms with E-state index in [1.807, 2.05) is 48.5 Å². The summed E-state index contributed by atoms with van der Waals surface area (Å²) in [6.07, 6.45) is 0.293. The Balaban J connectivity index is 1.78. The van der Waals surface area contributed by atoms with Gasteiger partial charge in [-0.1, -0.05) is 47.5 Å². The molecule has 2 aromatic carbocycles. The van der Waals surface area contributed by atoms with E-state index in [1.54, 1.807) is 0 Å². The summed E-state index contributed by atoms with van der Waals surface area (Å²) in [4.78, 5) is 0. The molecule has 0 spiro atoms. The third-order valence-electron chi connectivity index (χ3n) is 2.89. The highest BCUT2D eigenvalue weighted by atomic mass is 35.5. The van der Waals surface area contributed by atoms with Crippen molar-refractivity contribution in [1.82, 2.24) is 0 Å². The molecule has 2 atom stereocenters. The molecule has 2 aromatic rings. The van der Waals surface area contributed by atoms with Crippen LogP contribution in [0.1, 0.15) is 23.3 Å². The molecule has 0 bridgehead atoms. The molecule has 0 unspecified atom stereocenters. The fourth-order valence-corrected chi connectivity index (χ4v) is 2.18. The quantitative estimate of drug-likeness (QED) is 0.710. The third-order valence-corrected chi connectivity index (χ3v) is 3.39. The molecule has 17 heavy (non-hydrogen) atoms. The summed E-state index contributed by atoms with van der Waals surface area (Å²) in [7, 11) is 0. The molecule has 0 aliphatic carbocycles. The Morgan fingerprint density at radius 2 is 1.00 bits per heavy atom. The van der Waals surface area contributed by atoms with Crippen molar-refractivity contribution in [3.63, 3.8) is 0 Å². The van der Waals surface area contributed by atoms with Gasteiger partial charge in [0, 0.05) is 10.0 Å². The van der Waals surface area contributed by atoms with E-state index in [9.17, 15) is 0 Å². The normalized spacial score (nSPS) is 22.5. The second-order valence-corrected chi connectivity index (χ2v) is 4.95. The van der Waals surface area contributed by atoms with Crippen molar-refractivity contribution in [2.24, 2.45) is 0 Å². The summed E-state index contributed by atoms with van der Waals surface area (Å²) in [6.45, 7) is 0. The molecule has 1 aliphatic heterocycles. The van der Waals surface area contributed by atoms with Gasteiger partial charge in [-0.2, -0.15) is 0 Å². The average molecular weight is 265 g/mol. The number of hydrogen-bond donors (Lipinski definition) is 0. The van der Waals surface area contributed by atoms with Crippen molar-refractivity contribution in [1.29, 1.82) is 0 Å². The largest absolute Gasteiger partial charge is 0.359 e. The molecule has 3 heteroatoms. The monoisotopic (exact) mass is 264 g/mol. The highest BCUT2D eigenvalue weighted by Gasteiger charge is 2.41. The van der Waals surface area contributed by atoms with Gasteiger partial charge in [0.1, 0.15) is 12.2 Å².